The molecule has 0 aromatic rings. The molecule has 2 N–H and O–H groups in total. The van der Waals surface area contributed by atoms with Crippen LogP contribution in [-0.4, -0.2) is 29.4 Å². The summed E-state index contributed by atoms with van der Waals surface area (Å²) >= 11 is 0. The molecule has 0 aromatic heterocycles. The highest BCUT2D eigenvalue weighted by atomic mass is 16.2. The molecule has 112 valence electrons. The summed E-state index contributed by atoms with van der Waals surface area (Å²) in [6.07, 6.45) is 6.24. The Hall–Kier alpha value is -0.570. The largest absolute Gasteiger partial charge is 0.340 e. The van der Waals surface area contributed by atoms with Crippen molar-refractivity contribution in [3.8, 4) is 0 Å². The summed E-state index contributed by atoms with van der Waals surface area (Å²) in [4.78, 5) is 14.9. The molecule has 1 rings (SSSR count). The molecule has 1 amide bonds. The minimum atomic E-state index is 0.157. The fraction of sp³-hybridized carbons (Fsp3) is 0.938. The van der Waals surface area contributed by atoms with Crippen LogP contribution in [0.25, 0.3) is 0 Å². The maximum absolute atomic E-state index is 12.8. The molecule has 0 radical (unpaired) electrons. The monoisotopic (exact) mass is 268 g/mol. The molecule has 0 saturated heterocycles. The Morgan fingerprint density at radius 1 is 1.32 bits per heavy atom. The molecule has 1 saturated carbocycles. The van der Waals surface area contributed by atoms with Crippen molar-refractivity contribution in [3.05, 3.63) is 0 Å². The van der Waals surface area contributed by atoms with Crippen LogP contribution in [0.4, 0.5) is 0 Å². The predicted molar refractivity (Wildman–Crippen MR) is 80.9 cm³/mol. The number of amides is 1. The van der Waals surface area contributed by atoms with E-state index in [1.165, 1.54) is 0 Å². The highest BCUT2D eigenvalue weighted by Crippen LogP contribution is 2.30. The van der Waals surface area contributed by atoms with Crippen molar-refractivity contribution in [2.75, 3.05) is 6.54 Å². The molecule has 0 heterocycles. The summed E-state index contributed by atoms with van der Waals surface area (Å²) in [6, 6.07) is 0.565. The lowest BCUT2D eigenvalue weighted by Crippen LogP contribution is -2.46. The van der Waals surface area contributed by atoms with Gasteiger partial charge in [0.1, 0.15) is 0 Å². The Labute approximate surface area is 118 Å². The summed E-state index contributed by atoms with van der Waals surface area (Å²) in [5, 5.41) is 0. The number of hydrogen-bond donors (Lipinski definition) is 1. The van der Waals surface area contributed by atoms with Crippen molar-refractivity contribution in [3.63, 3.8) is 0 Å². The van der Waals surface area contributed by atoms with Crippen LogP contribution < -0.4 is 5.73 Å². The van der Waals surface area contributed by atoms with Gasteiger partial charge in [0.15, 0.2) is 0 Å². The Bertz CT molecular complexity index is 270. The third-order valence-electron chi connectivity index (χ3n) is 4.49. The second-order valence-electron chi connectivity index (χ2n) is 6.41. The zero-order chi connectivity index (χ0) is 14.4. The first-order chi connectivity index (χ1) is 8.99. The Morgan fingerprint density at radius 3 is 2.53 bits per heavy atom. The van der Waals surface area contributed by atoms with Gasteiger partial charge in [0.25, 0.3) is 0 Å². The van der Waals surface area contributed by atoms with E-state index in [0.717, 1.165) is 45.1 Å². The first-order valence-corrected chi connectivity index (χ1v) is 8.05. The summed E-state index contributed by atoms with van der Waals surface area (Å²) in [7, 11) is 0. The van der Waals surface area contributed by atoms with E-state index in [4.69, 9.17) is 5.73 Å². The number of hydrogen-bond acceptors (Lipinski definition) is 2. The van der Waals surface area contributed by atoms with E-state index < -0.39 is 0 Å². The third-order valence-corrected chi connectivity index (χ3v) is 4.49. The molecule has 0 spiro atoms. The van der Waals surface area contributed by atoms with Crippen molar-refractivity contribution < 1.29 is 4.79 Å². The van der Waals surface area contributed by atoms with Crippen LogP contribution in [0, 0.1) is 11.8 Å². The zero-order valence-electron chi connectivity index (χ0n) is 13.2. The minimum Gasteiger partial charge on any atom is -0.340 e. The quantitative estimate of drug-likeness (QED) is 0.804. The van der Waals surface area contributed by atoms with Gasteiger partial charge in [-0.3, -0.25) is 4.79 Å². The fourth-order valence-electron chi connectivity index (χ4n) is 3.19. The molecular weight excluding hydrogens is 236 g/mol. The second kappa shape index (κ2) is 7.88. The van der Waals surface area contributed by atoms with Crippen LogP contribution in [0.2, 0.25) is 0 Å². The lowest BCUT2D eigenvalue weighted by atomic mass is 9.79. The number of rotatable bonds is 6. The van der Waals surface area contributed by atoms with Gasteiger partial charge in [-0.05, 0) is 44.9 Å². The molecule has 1 aliphatic carbocycles. The summed E-state index contributed by atoms with van der Waals surface area (Å²) in [6.45, 7) is 9.63. The fourth-order valence-corrected chi connectivity index (χ4v) is 3.19. The smallest absolute Gasteiger partial charge is 0.225 e. The van der Waals surface area contributed by atoms with Gasteiger partial charge in [-0.2, -0.15) is 0 Å². The van der Waals surface area contributed by atoms with Gasteiger partial charge in [0.05, 0.1) is 0 Å². The molecule has 0 bridgehead atoms. The Morgan fingerprint density at radius 2 is 2.00 bits per heavy atom. The van der Waals surface area contributed by atoms with Crippen molar-refractivity contribution >= 4 is 5.91 Å². The number of unbranched alkanes of at least 4 members (excludes halogenated alkanes) is 1. The highest BCUT2D eigenvalue weighted by Gasteiger charge is 2.33. The lowest BCUT2D eigenvalue weighted by Gasteiger charge is -2.36. The van der Waals surface area contributed by atoms with E-state index in [2.05, 4.69) is 32.6 Å². The van der Waals surface area contributed by atoms with Crippen molar-refractivity contribution in [2.24, 2.45) is 17.6 Å². The molecule has 1 fully saturated rings. The summed E-state index contributed by atoms with van der Waals surface area (Å²) in [5.74, 6) is 1.09. The first-order valence-electron chi connectivity index (χ1n) is 8.05. The molecule has 0 aromatic carbocycles. The van der Waals surface area contributed by atoms with Gasteiger partial charge in [-0.25, -0.2) is 0 Å². The van der Waals surface area contributed by atoms with Gasteiger partial charge in [-0.15, -0.1) is 0 Å². The maximum atomic E-state index is 12.8. The van der Waals surface area contributed by atoms with Gasteiger partial charge in [0.2, 0.25) is 5.91 Å². The number of carbonyl (C=O) groups is 1. The van der Waals surface area contributed by atoms with Crippen LogP contribution in [0.5, 0.6) is 0 Å². The van der Waals surface area contributed by atoms with Gasteiger partial charge in [0, 0.05) is 24.5 Å². The van der Waals surface area contributed by atoms with Gasteiger partial charge in [-0.1, -0.05) is 27.2 Å². The number of carbonyl (C=O) groups excluding carboxylic acids is 1. The predicted octanol–water partition coefficient (Wildman–Crippen LogP) is 3.18. The topological polar surface area (TPSA) is 46.3 Å². The maximum Gasteiger partial charge on any atom is 0.225 e. The molecule has 4 unspecified atom stereocenters. The average Bonchev–Trinajstić information content (AvgIpc) is 2.37. The lowest BCUT2D eigenvalue weighted by molar-refractivity contribution is -0.139. The summed E-state index contributed by atoms with van der Waals surface area (Å²) in [5.41, 5.74) is 6.09. The third kappa shape index (κ3) is 4.79. The van der Waals surface area contributed by atoms with Crippen molar-refractivity contribution in [1.29, 1.82) is 0 Å². The molecule has 4 atom stereocenters. The SMILES string of the molecule is CCCCN(C(=O)C1CC(C)CC(N)C1)C(C)CC. The molecular formula is C16H32N2O. The molecule has 3 heteroatoms. The Balaban J connectivity index is 2.68. The van der Waals surface area contributed by atoms with E-state index >= 15 is 0 Å². The van der Waals surface area contributed by atoms with Gasteiger partial charge >= 0.3 is 0 Å². The van der Waals surface area contributed by atoms with Crippen molar-refractivity contribution in [1.82, 2.24) is 4.90 Å². The van der Waals surface area contributed by atoms with E-state index in [1.807, 2.05) is 0 Å². The standard InChI is InChI=1S/C16H32N2O/c1-5-7-8-18(13(4)6-2)16(19)14-9-12(3)10-15(17)11-14/h12-15H,5-11,17H2,1-4H3. The molecule has 3 nitrogen and oxygen atoms in total. The highest BCUT2D eigenvalue weighted by molar-refractivity contribution is 5.79. The van der Waals surface area contributed by atoms with Crippen LogP contribution in [0.3, 0.4) is 0 Å². The van der Waals surface area contributed by atoms with Crippen LogP contribution >= 0.6 is 0 Å². The van der Waals surface area contributed by atoms with E-state index in [9.17, 15) is 4.79 Å². The van der Waals surface area contributed by atoms with Gasteiger partial charge < -0.3 is 10.6 Å². The van der Waals surface area contributed by atoms with E-state index in [0.29, 0.717) is 17.9 Å². The average molecular weight is 268 g/mol. The number of nitrogens with two attached hydrogens (primary N) is 1. The Kier molecular flexibility index (Phi) is 6.84. The zero-order valence-corrected chi connectivity index (χ0v) is 13.2. The first kappa shape index (κ1) is 16.5. The molecule has 1 aliphatic rings. The summed E-state index contributed by atoms with van der Waals surface area (Å²) < 4.78 is 0. The normalized spacial score (nSPS) is 29.0. The van der Waals surface area contributed by atoms with Crippen LogP contribution in [0.1, 0.15) is 66.2 Å². The second-order valence-corrected chi connectivity index (χ2v) is 6.41. The molecule has 0 aliphatic heterocycles. The van der Waals surface area contributed by atoms with E-state index in [-0.39, 0.29) is 12.0 Å². The van der Waals surface area contributed by atoms with E-state index in [1.54, 1.807) is 0 Å². The minimum absolute atomic E-state index is 0.157. The number of nitrogens with zero attached hydrogens (tertiary/aromatic N) is 1. The molecule has 19 heavy (non-hydrogen) atoms. The van der Waals surface area contributed by atoms with Crippen LogP contribution in [0.15, 0.2) is 0 Å². The van der Waals surface area contributed by atoms with Crippen molar-refractivity contribution in [2.45, 2.75) is 78.3 Å². The van der Waals surface area contributed by atoms with Crippen LogP contribution in [-0.2, 0) is 4.79 Å².